The van der Waals surface area contributed by atoms with Crippen LogP contribution in [0.25, 0.3) is 0 Å². The Morgan fingerprint density at radius 1 is 1.05 bits per heavy atom. The molecule has 4 heteroatoms. The Bertz CT molecular complexity index is 510. The van der Waals surface area contributed by atoms with Gasteiger partial charge in [0.15, 0.2) is 0 Å². The van der Waals surface area contributed by atoms with Crippen molar-refractivity contribution in [3.63, 3.8) is 0 Å². The number of esters is 1. The lowest BCUT2D eigenvalue weighted by Gasteiger charge is -2.48. The second-order valence-electron chi connectivity index (χ2n) is 7.06. The van der Waals surface area contributed by atoms with Crippen LogP contribution in [-0.4, -0.2) is 48.8 Å². The van der Waals surface area contributed by atoms with E-state index in [-0.39, 0.29) is 22.5 Å². The molecule has 4 unspecified atom stereocenters. The summed E-state index contributed by atoms with van der Waals surface area (Å²) in [5.74, 6) is -0.251. The molecule has 0 aromatic carbocycles. The summed E-state index contributed by atoms with van der Waals surface area (Å²) in [6.45, 7) is 12.7. The van der Waals surface area contributed by atoms with Gasteiger partial charge < -0.3 is 9.47 Å². The van der Waals surface area contributed by atoms with Gasteiger partial charge in [0, 0.05) is 23.6 Å². The van der Waals surface area contributed by atoms with Gasteiger partial charge in [0.2, 0.25) is 0 Å². The zero-order chi connectivity index (χ0) is 15.7. The van der Waals surface area contributed by atoms with Crippen LogP contribution in [0.4, 0.5) is 0 Å². The van der Waals surface area contributed by atoms with Crippen LogP contribution in [0.1, 0.15) is 41.5 Å². The monoisotopic (exact) mass is 281 g/mol. The molecule has 0 aromatic rings. The molecule has 1 aliphatic heterocycles. The van der Waals surface area contributed by atoms with Gasteiger partial charge >= 0.3 is 5.97 Å². The minimum absolute atomic E-state index is 0.139. The van der Waals surface area contributed by atoms with Crippen molar-refractivity contribution in [1.29, 1.82) is 0 Å². The van der Waals surface area contributed by atoms with Crippen molar-refractivity contribution in [2.24, 2.45) is 5.41 Å². The molecule has 0 amide bonds. The number of rotatable bonds is 2. The van der Waals surface area contributed by atoms with E-state index in [4.69, 9.17) is 9.47 Å². The van der Waals surface area contributed by atoms with E-state index in [0.29, 0.717) is 0 Å². The van der Waals surface area contributed by atoms with E-state index in [2.05, 4.69) is 46.6 Å². The fourth-order valence-electron chi connectivity index (χ4n) is 4.79. The summed E-state index contributed by atoms with van der Waals surface area (Å²) in [5.41, 5.74) is 0.629. The fourth-order valence-corrected chi connectivity index (χ4v) is 4.79. The predicted octanol–water partition coefficient (Wildman–Crippen LogP) is 2.38. The average Bonchev–Trinajstić information content (AvgIpc) is 2.86. The SMILES string of the molecule is COC(=O)C1=C(C)C(C)(OC)C2(C)N(C)C2(C)C1(C)C. The minimum atomic E-state index is -0.504. The lowest BCUT2D eigenvalue weighted by Crippen LogP contribution is -2.57. The third-order valence-electron chi connectivity index (χ3n) is 6.90. The first-order chi connectivity index (χ1) is 8.98. The molecule has 0 saturated carbocycles. The smallest absolute Gasteiger partial charge is 0.334 e. The summed E-state index contributed by atoms with van der Waals surface area (Å²) in [4.78, 5) is 14.7. The molecule has 0 radical (unpaired) electrons. The second-order valence-corrected chi connectivity index (χ2v) is 7.06. The number of fused-ring (bicyclic) bond motifs is 1. The molecule has 1 aliphatic carbocycles. The third kappa shape index (κ3) is 1.19. The van der Waals surface area contributed by atoms with Gasteiger partial charge in [-0.1, -0.05) is 13.8 Å². The number of ether oxygens (including phenoxy) is 2. The summed E-state index contributed by atoms with van der Waals surface area (Å²) in [7, 11) is 5.26. The van der Waals surface area contributed by atoms with E-state index in [9.17, 15) is 4.79 Å². The third-order valence-corrected chi connectivity index (χ3v) is 6.90. The predicted molar refractivity (Wildman–Crippen MR) is 78.5 cm³/mol. The maximum atomic E-state index is 12.4. The van der Waals surface area contributed by atoms with Gasteiger partial charge in [0.1, 0.15) is 5.60 Å². The lowest BCUT2D eigenvalue weighted by atomic mass is 9.57. The summed E-state index contributed by atoms with van der Waals surface area (Å²) in [5, 5.41) is 0. The molecule has 4 nitrogen and oxygen atoms in total. The Hall–Kier alpha value is -0.870. The van der Waals surface area contributed by atoms with Crippen LogP contribution in [0.3, 0.4) is 0 Å². The van der Waals surface area contributed by atoms with Crippen LogP contribution in [0, 0.1) is 5.41 Å². The summed E-state index contributed by atoms with van der Waals surface area (Å²) >= 11 is 0. The molecule has 2 rings (SSSR count). The van der Waals surface area contributed by atoms with E-state index in [1.165, 1.54) is 7.11 Å². The molecule has 4 atom stereocenters. The molecule has 0 aromatic heterocycles. The van der Waals surface area contributed by atoms with Gasteiger partial charge in [-0.2, -0.15) is 0 Å². The number of carbonyl (C=O) groups is 1. The zero-order valence-electron chi connectivity index (χ0n) is 14.2. The number of hydrogen-bond acceptors (Lipinski definition) is 4. The Morgan fingerprint density at radius 3 is 1.95 bits per heavy atom. The van der Waals surface area contributed by atoms with Crippen molar-refractivity contribution in [1.82, 2.24) is 4.90 Å². The zero-order valence-corrected chi connectivity index (χ0v) is 14.2. The molecule has 1 saturated heterocycles. The highest BCUT2D eigenvalue weighted by Crippen LogP contribution is 2.71. The number of nitrogens with zero attached hydrogens (tertiary/aromatic N) is 1. The van der Waals surface area contributed by atoms with Crippen molar-refractivity contribution >= 4 is 5.97 Å². The highest BCUT2D eigenvalue weighted by atomic mass is 16.5. The van der Waals surface area contributed by atoms with Crippen LogP contribution in [0.15, 0.2) is 11.1 Å². The number of hydrogen-bond donors (Lipinski definition) is 0. The lowest BCUT2D eigenvalue weighted by molar-refractivity contribution is -0.138. The first kappa shape index (κ1) is 15.5. The molecular formula is C16H27NO3. The minimum Gasteiger partial charge on any atom is -0.466 e. The van der Waals surface area contributed by atoms with Gasteiger partial charge in [-0.3, -0.25) is 4.90 Å². The maximum absolute atomic E-state index is 12.4. The highest BCUT2D eigenvalue weighted by molar-refractivity contribution is 5.93. The summed E-state index contributed by atoms with van der Waals surface area (Å²) < 4.78 is 10.9. The molecule has 0 N–H and O–H groups in total. The first-order valence-corrected chi connectivity index (χ1v) is 7.07. The van der Waals surface area contributed by atoms with Crippen LogP contribution >= 0.6 is 0 Å². The summed E-state index contributed by atoms with van der Waals surface area (Å²) in [6, 6.07) is 0. The van der Waals surface area contributed by atoms with Gasteiger partial charge in [-0.25, -0.2) is 4.79 Å². The van der Waals surface area contributed by atoms with Gasteiger partial charge in [0.05, 0.1) is 12.6 Å². The first-order valence-electron chi connectivity index (χ1n) is 7.07. The average molecular weight is 281 g/mol. The standard InChI is InChI=1S/C16H27NO3/c1-10-11(12(18)19-8)13(2,3)15(5)16(6,17(15)7)14(10,4)20-9/h1-9H3. The quantitative estimate of drug-likeness (QED) is 0.575. The number of carbonyl (C=O) groups excluding carboxylic acids is 1. The molecule has 20 heavy (non-hydrogen) atoms. The molecule has 0 spiro atoms. The molecular weight excluding hydrogens is 254 g/mol. The number of methoxy groups -OCH3 is 2. The molecule has 0 bridgehead atoms. The molecule has 2 aliphatic rings. The van der Waals surface area contributed by atoms with Crippen molar-refractivity contribution in [3.8, 4) is 0 Å². The normalized spacial score (nSPS) is 46.0. The van der Waals surface area contributed by atoms with Crippen molar-refractivity contribution in [2.75, 3.05) is 21.3 Å². The second kappa shape index (κ2) is 3.86. The topological polar surface area (TPSA) is 38.5 Å². The highest BCUT2D eigenvalue weighted by Gasteiger charge is 2.83. The van der Waals surface area contributed by atoms with E-state index >= 15 is 0 Å². The molecule has 114 valence electrons. The van der Waals surface area contributed by atoms with Gasteiger partial charge in [-0.15, -0.1) is 0 Å². The van der Waals surface area contributed by atoms with Crippen LogP contribution < -0.4 is 0 Å². The number of likely N-dealkylation sites (N-methyl/N-ethyl adjacent to an activating group) is 1. The van der Waals surface area contributed by atoms with E-state index in [1.54, 1.807) is 7.11 Å². The van der Waals surface area contributed by atoms with Crippen LogP contribution in [0.2, 0.25) is 0 Å². The van der Waals surface area contributed by atoms with Gasteiger partial charge in [-0.05, 0) is 40.3 Å². The van der Waals surface area contributed by atoms with E-state index in [0.717, 1.165) is 11.1 Å². The fraction of sp³-hybridized carbons (Fsp3) is 0.812. The van der Waals surface area contributed by atoms with Crippen molar-refractivity contribution in [2.45, 2.75) is 58.2 Å². The Labute approximate surface area is 122 Å². The van der Waals surface area contributed by atoms with Crippen molar-refractivity contribution in [3.05, 3.63) is 11.1 Å². The maximum Gasteiger partial charge on any atom is 0.334 e. The Morgan fingerprint density at radius 2 is 1.55 bits per heavy atom. The summed E-state index contributed by atoms with van der Waals surface area (Å²) in [6.07, 6.45) is 0. The molecule has 1 fully saturated rings. The van der Waals surface area contributed by atoms with E-state index < -0.39 is 5.60 Å². The van der Waals surface area contributed by atoms with E-state index in [1.807, 2.05) is 6.92 Å². The van der Waals surface area contributed by atoms with Crippen LogP contribution in [-0.2, 0) is 14.3 Å². The largest absolute Gasteiger partial charge is 0.466 e. The van der Waals surface area contributed by atoms with Crippen LogP contribution in [0.5, 0.6) is 0 Å². The Balaban J connectivity index is 2.79. The Kier molecular flexibility index (Phi) is 2.99. The van der Waals surface area contributed by atoms with Gasteiger partial charge in [0.25, 0.3) is 0 Å². The molecule has 1 heterocycles. The van der Waals surface area contributed by atoms with Crippen molar-refractivity contribution < 1.29 is 14.3 Å².